The van der Waals surface area contributed by atoms with Crippen molar-refractivity contribution in [2.45, 2.75) is 58.7 Å². The van der Waals surface area contributed by atoms with Crippen molar-refractivity contribution < 1.29 is 14.3 Å². The van der Waals surface area contributed by atoms with Gasteiger partial charge in [0, 0.05) is 24.7 Å². The molecule has 1 aliphatic rings. The van der Waals surface area contributed by atoms with Crippen molar-refractivity contribution in [2.75, 3.05) is 27.3 Å². The first-order chi connectivity index (χ1) is 13.6. The van der Waals surface area contributed by atoms with Crippen molar-refractivity contribution in [1.29, 1.82) is 0 Å². The van der Waals surface area contributed by atoms with E-state index in [0.717, 1.165) is 17.5 Å². The van der Waals surface area contributed by atoms with Gasteiger partial charge in [-0.3, -0.25) is 0 Å². The van der Waals surface area contributed by atoms with Crippen molar-refractivity contribution in [3.05, 3.63) is 23.3 Å². The molecule has 1 atom stereocenters. The number of nitrogens with one attached hydrogen (secondary N) is 3. The summed E-state index contributed by atoms with van der Waals surface area (Å²) in [6.45, 7) is 11.1. The number of hydrogen-bond acceptors (Lipinski definition) is 4. The number of carbonyl (C=O) groups excluding carboxylic acids is 1. The van der Waals surface area contributed by atoms with E-state index in [9.17, 15) is 4.79 Å². The van der Waals surface area contributed by atoms with E-state index in [4.69, 9.17) is 21.7 Å². The summed E-state index contributed by atoms with van der Waals surface area (Å²) in [5.41, 5.74) is 1.87. The Morgan fingerprint density at radius 1 is 1.24 bits per heavy atom. The molecule has 0 spiro atoms. The largest absolute Gasteiger partial charge is 0.493 e. The molecule has 162 valence electrons. The number of nitrogens with zero attached hydrogens (tertiary/aromatic N) is 1. The highest BCUT2D eigenvalue weighted by Crippen LogP contribution is 2.38. The highest BCUT2D eigenvalue weighted by atomic mass is 32.1. The third-order valence-electron chi connectivity index (χ3n) is 4.62. The summed E-state index contributed by atoms with van der Waals surface area (Å²) in [6.07, 6.45) is 0.748. The Hall–Kier alpha value is -2.22. The maximum absolute atomic E-state index is 13.0. The number of fused-ring (bicyclic) bond motifs is 1. The van der Waals surface area contributed by atoms with Crippen LogP contribution in [0.25, 0.3) is 0 Å². The lowest BCUT2D eigenvalue weighted by Crippen LogP contribution is -2.54. The molecule has 7 nitrogen and oxygen atoms in total. The fourth-order valence-corrected chi connectivity index (χ4v) is 3.71. The minimum atomic E-state index is -0.318. The highest BCUT2D eigenvalue weighted by Gasteiger charge is 2.33. The van der Waals surface area contributed by atoms with Crippen LogP contribution in [0.15, 0.2) is 12.1 Å². The summed E-state index contributed by atoms with van der Waals surface area (Å²) in [5, 5.41) is 10.1. The standard InChI is InChI=1S/C21H34N4O3S/c1-13(2)23-19(29)22-12-16-15-11-18(28-7)17(27-6)10-14(15)8-9-25(16)20(26)24-21(3,4)5/h10-11,13,16H,8-9,12H2,1-7H3,(H,24,26)(H2,22,23,29). The summed E-state index contributed by atoms with van der Waals surface area (Å²) in [6, 6.07) is 3.93. The molecule has 1 aromatic rings. The van der Waals surface area contributed by atoms with Crippen LogP contribution in [0.2, 0.25) is 0 Å². The van der Waals surface area contributed by atoms with Gasteiger partial charge in [0.05, 0.1) is 20.3 Å². The predicted octanol–water partition coefficient (Wildman–Crippen LogP) is 2.98. The van der Waals surface area contributed by atoms with Gasteiger partial charge in [0.15, 0.2) is 16.6 Å². The molecular weight excluding hydrogens is 388 g/mol. The number of carbonyl (C=O) groups is 1. The number of amides is 2. The topological polar surface area (TPSA) is 74.9 Å². The van der Waals surface area contributed by atoms with E-state index in [-0.39, 0.29) is 23.7 Å². The van der Waals surface area contributed by atoms with Crippen molar-refractivity contribution >= 4 is 23.4 Å². The van der Waals surface area contributed by atoms with Crippen LogP contribution in [0.3, 0.4) is 0 Å². The van der Waals surface area contributed by atoms with E-state index in [1.807, 2.05) is 51.7 Å². The van der Waals surface area contributed by atoms with Crippen LogP contribution >= 0.6 is 12.2 Å². The summed E-state index contributed by atoms with van der Waals surface area (Å²) < 4.78 is 11.0. The van der Waals surface area contributed by atoms with Crippen LogP contribution in [0.4, 0.5) is 4.79 Å². The van der Waals surface area contributed by atoms with Gasteiger partial charge in [-0.2, -0.15) is 0 Å². The average Bonchev–Trinajstić information content (AvgIpc) is 2.62. The number of urea groups is 1. The third-order valence-corrected chi connectivity index (χ3v) is 4.88. The molecule has 8 heteroatoms. The van der Waals surface area contributed by atoms with Crippen LogP contribution in [0.5, 0.6) is 11.5 Å². The third kappa shape index (κ3) is 6.13. The Kier molecular flexibility index (Phi) is 7.57. The van der Waals surface area contributed by atoms with Gasteiger partial charge >= 0.3 is 6.03 Å². The Morgan fingerprint density at radius 3 is 2.41 bits per heavy atom. The monoisotopic (exact) mass is 422 g/mol. The predicted molar refractivity (Wildman–Crippen MR) is 120 cm³/mol. The van der Waals surface area contributed by atoms with Gasteiger partial charge in [0.25, 0.3) is 0 Å². The molecule has 0 fully saturated rings. The van der Waals surface area contributed by atoms with Gasteiger partial charge in [-0.1, -0.05) is 0 Å². The number of rotatable bonds is 5. The van der Waals surface area contributed by atoms with Gasteiger partial charge in [0.1, 0.15) is 0 Å². The molecule has 1 aromatic carbocycles. The molecule has 1 heterocycles. The zero-order valence-corrected chi connectivity index (χ0v) is 19.3. The van der Waals surface area contributed by atoms with Crippen LogP contribution < -0.4 is 25.4 Å². The molecule has 0 saturated heterocycles. The number of methoxy groups -OCH3 is 2. The van der Waals surface area contributed by atoms with Gasteiger partial charge in [0.2, 0.25) is 0 Å². The van der Waals surface area contributed by atoms with Gasteiger partial charge in [-0.05, 0) is 76.5 Å². The minimum absolute atomic E-state index is 0.0903. The zero-order valence-electron chi connectivity index (χ0n) is 18.5. The normalized spacial score (nSPS) is 16.1. The van der Waals surface area contributed by atoms with Crippen LogP contribution in [-0.2, 0) is 6.42 Å². The molecule has 0 saturated carbocycles. The Morgan fingerprint density at radius 2 is 1.86 bits per heavy atom. The fraction of sp³-hybridized carbons (Fsp3) is 0.619. The molecular formula is C21H34N4O3S. The van der Waals surface area contributed by atoms with Crippen LogP contribution in [0, 0.1) is 0 Å². The van der Waals surface area contributed by atoms with Crippen molar-refractivity contribution in [3.8, 4) is 11.5 Å². The molecule has 1 aliphatic heterocycles. The van der Waals surface area contributed by atoms with Gasteiger partial charge in [-0.25, -0.2) is 4.79 Å². The van der Waals surface area contributed by atoms with Crippen LogP contribution in [0.1, 0.15) is 51.8 Å². The van der Waals surface area contributed by atoms with E-state index in [2.05, 4.69) is 16.0 Å². The maximum atomic E-state index is 13.0. The summed E-state index contributed by atoms with van der Waals surface area (Å²) in [5.74, 6) is 1.35. The van der Waals surface area contributed by atoms with Crippen molar-refractivity contribution in [1.82, 2.24) is 20.9 Å². The molecule has 1 unspecified atom stereocenters. The van der Waals surface area contributed by atoms with E-state index in [0.29, 0.717) is 29.7 Å². The SMILES string of the molecule is COc1cc2c(cc1OC)C(CNC(=S)NC(C)C)N(C(=O)NC(C)(C)C)CC2. The molecule has 0 aliphatic carbocycles. The molecule has 2 amide bonds. The fourth-order valence-electron chi connectivity index (χ4n) is 3.39. The first kappa shape index (κ1) is 23.1. The second-order valence-electron chi connectivity index (χ2n) is 8.55. The number of ether oxygens (including phenoxy) is 2. The molecule has 0 aromatic heterocycles. The lowest BCUT2D eigenvalue weighted by atomic mass is 9.91. The number of thiocarbonyl (C=S) groups is 1. The lowest BCUT2D eigenvalue weighted by Gasteiger charge is -2.39. The molecule has 0 bridgehead atoms. The Labute approximate surface area is 179 Å². The molecule has 2 rings (SSSR count). The second kappa shape index (κ2) is 9.52. The molecule has 0 radical (unpaired) electrons. The summed E-state index contributed by atoms with van der Waals surface area (Å²) in [7, 11) is 3.25. The van der Waals surface area contributed by atoms with Gasteiger partial charge < -0.3 is 30.3 Å². The van der Waals surface area contributed by atoms with E-state index in [1.54, 1.807) is 14.2 Å². The number of benzene rings is 1. The summed E-state index contributed by atoms with van der Waals surface area (Å²) in [4.78, 5) is 14.9. The van der Waals surface area contributed by atoms with E-state index < -0.39 is 0 Å². The molecule has 29 heavy (non-hydrogen) atoms. The van der Waals surface area contributed by atoms with E-state index >= 15 is 0 Å². The average molecular weight is 423 g/mol. The minimum Gasteiger partial charge on any atom is -0.493 e. The molecule has 3 N–H and O–H groups in total. The van der Waals surface area contributed by atoms with Crippen molar-refractivity contribution in [2.24, 2.45) is 0 Å². The Bertz CT molecular complexity index is 746. The van der Waals surface area contributed by atoms with Crippen molar-refractivity contribution in [3.63, 3.8) is 0 Å². The quantitative estimate of drug-likeness (QED) is 0.634. The van der Waals surface area contributed by atoms with Gasteiger partial charge in [-0.15, -0.1) is 0 Å². The number of hydrogen-bond donors (Lipinski definition) is 3. The lowest BCUT2D eigenvalue weighted by molar-refractivity contribution is 0.161. The second-order valence-corrected chi connectivity index (χ2v) is 8.96. The summed E-state index contributed by atoms with van der Waals surface area (Å²) >= 11 is 5.39. The Balaban J connectivity index is 2.36. The first-order valence-electron chi connectivity index (χ1n) is 9.93. The van der Waals surface area contributed by atoms with Crippen LogP contribution in [-0.4, -0.2) is 54.9 Å². The maximum Gasteiger partial charge on any atom is 0.318 e. The smallest absolute Gasteiger partial charge is 0.318 e. The van der Waals surface area contributed by atoms with E-state index in [1.165, 1.54) is 0 Å². The highest BCUT2D eigenvalue weighted by molar-refractivity contribution is 7.80. The first-order valence-corrected chi connectivity index (χ1v) is 10.3. The zero-order chi connectivity index (χ0) is 21.8.